The van der Waals surface area contributed by atoms with E-state index in [1.54, 1.807) is 24.5 Å². The molecule has 0 aromatic carbocycles. The van der Waals surface area contributed by atoms with Crippen molar-refractivity contribution >= 4 is 17.9 Å². The lowest BCUT2D eigenvalue weighted by Crippen LogP contribution is -2.37. The van der Waals surface area contributed by atoms with Gasteiger partial charge in [0, 0.05) is 24.9 Å². The third kappa shape index (κ3) is 4.42. The van der Waals surface area contributed by atoms with E-state index in [4.69, 9.17) is 9.15 Å². The van der Waals surface area contributed by atoms with Gasteiger partial charge in [0.25, 0.3) is 0 Å². The monoisotopic (exact) mass is 328 g/mol. The molecule has 1 aliphatic rings. The topological polar surface area (TPSA) is 80.5 Å². The molecular formula is C17H20N4O3. The van der Waals surface area contributed by atoms with Crippen LogP contribution in [0.1, 0.15) is 17.1 Å². The molecule has 1 N–H and O–H groups in total. The second-order valence-corrected chi connectivity index (χ2v) is 5.47. The van der Waals surface area contributed by atoms with Gasteiger partial charge < -0.3 is 19.4 Å². The van der Waals surface area contributed by atoms with Gasteiger partial charge in [-0.2, -0.15) is 0 Å². The van der Waals surface area contributed by atoms with E-state index in [1.807, 2.05) is 13.0 Å². The van der Waals surface area contributed by atoms with Gasteiger partial charge in [-0.25, -0.2) is 9.97 Å². The standard InChI is InChI=1S/C17H20N4O3/c1-13-11-14(20-17(19-13)21-6-9-23-10-7-21)12-18-16(22)5-4-15-3-2-8-24-15/h2-5,8,11H,6-7,9-10,12H2,1H3,(H,18,22)/b5-4+. The SMILES string of the molecule is Cc1cc(CNC(=O)/C=C/c2ccco2)nc(N2CCOCC2)n1. The molecule has 2 aromatic rings. The second kappa shape index (κ2) is 7.74. The summed E-state index contributed by atoms with van der Waals surface area (Å²) in [6.07, 6.45) is 4.63. The van der Waals surface area contributed by atoms with Crippen LogP contribution >= 0.6 is 0 Å². The van der Waals surface area contributed by atoms with Crippen LogP contribution in [0.15, 0.2) is 35.0 Å². The summed E-state index contributed by atoms with van der Waals surface area (Å²) in [5.41, 5.74) is 1.66. The summed E-state index contributed by atoms with van der Waals surface area (Å²) >= 11 is 0. The van der Waals surface area contributed by atoms with E-state index >= 15 is 0 Å². The Morgan fingerprint density at radius 3 is 2.96 bits per heavy atom. The first-order chi connectivity index (χ1) is 11.7. The number of furan rings is 1. The number of amides is 1. The molecule has 0 unspecified atom stereocenters. The molecule has 3 rings (SSSR count). The van der Waals surface area contributed by atoms with Crippen LogP contribution in [0.2, 0.25) is 0 Å². The molecule has 0 radical (unpaired) electrons. The van der Waals surface area contributed by atoms with E-state index in [0.717, 1.165) is 24.5 Å². The number of carbonyl (C=O) groups is 1. The van der Waals surface area contributed by atoms with Crippen LogP contribution in [0.4, 0.5) is 5.95 Å². The van der Waals surface area contributed by atoms with Crippen LogP contribution in [-0.2, 0) is 16.1 Å². The van der Waals surface area contributed by atoms with Crippen molar-refractivity contribution in [3.8, 4) is 0 Å². The van der Waals surface area contributed by atoms with Gasteiger partial charge in [0.1, 0.15) is 5.76 Å². The Hall–Kier alpha value is -2.67. The fourth-order valence-electron chi connectivity index (χ4n) is 2.39. The molecule has 0 saturated carbocycles. The van der Waals surface area contributed by atoms with Gasteiger partial charge in [0.2, 0.25) is 11.9 Å². The van der Waals surface area contributed by atoms with E-state index < -0.39 is 0 Å². The summed E-state index contributed by atoms with van der Waals surface area (Å²) < 4.78 is 10.5. The molecule has 0 bridgehead atoms. The summed E-state index contributed by atoms with van der Waals surface area (Å²) in [6.45, 7) is 5.19. The molecular weight excluding hydrogens is 308 g/mol. The van der Waals surface area contributed by atoms with Crippen LogP contribution in [0.5, 0.6) is 0 Å². The number of nitrogens with zero attached hydrogens (tertiary/aromatic N) is 3. The zero-order valence-electron chi connectivity index (χ0n) is 13.6. The van der Waals surface area contributed by atoms with Crippen molar-refractivity contribution in [2.24, 2.45) is 0 Å². The predicted octanol–water partition coefficient (Wildman–Crippen LogP) is 1.54. The minimum absolute atomic E-state index is 0.199. The number of hydrogen-bond donors (Lipinski definition) is 1. The number of anilines is 1. The molecule has 0 atom stereocenters. The summed E-state index contributed by atoms with van der Waals surface area (Å²) in [6, 6.07) is 5.43. The lowest BCUT2D eigenvalue weighted by molar-refractivity contribution is -0.116. The Balaban J connectivity index is 1.60. The highest BCUT2D eigenvalue weighted by molar-refractivity contribution is 5.91. The van der Waals surface area contributed by atoms with Crippen LogP contribution < -0.4 is 10.2 Å². The highest BCUT2D eigenvalue weighted by Gasteiger charge is 2.15. The van der Waals surface area contributed by atoms with Crippen molar-refractivity contribution in [3.63, 3.8) is 0 Å². The number of nitrogens with one attached hydrogen (secondary N) is 1. The van der Waals surface area contributed by atoms with Gasteiger partial charge in [0.15, 0.2) is 0 Å². The molecule has 0 spiro atoms. The Morgan fingerprint density at radius 1 is 1.38 bits per heavy atom. The number of hydrogen-bond acceptors (Lipinski definition) is 6. The minimum atomic E-state index is -0.199. The molecule has 1 amide bonds. The predicted molar refractivity (Wildman–Crippen MR) is 89.4 cm³/mol. The number of aromatic nitrogens is 2. The number of rotatable bonds is 5. The van der Waals surface area contributed by atoms with Crippen molar-refractivity contribution < 1.29 is 13.9 Å². The number of aryl methyl sites for hydroxylation is 1. The first-order valence-electron chi connectivity index (χ1n) is 7.87. The zero-order chi connectivity index (χ0) is 16.8. The molecule has 1 aliphatic heterocycles. The van der Waals surface area contributed by atoms with Gasteiger partial charge >= 0.3 is 0 Å². The molecule has 24 heavy (non-hydrogen) atoms. The molecule has 126 valence electrons. The van der Waals surface area contributed by atoms with Gasteiger partial charge in [-0.05, 0) is 31.2 Å². The van der Waals surface area contributed by atoms with Gasteiger partial charge in [-0.1, -0.05) is 0 Å². The van der Waals surface area contributed by atoms with Gasteiger partial charge in [0.05, 0.1) is 31.7 Å². The van der Waals surface area contributed by atoms with Crippen LogP contribution in [0.3, 0.4) is 0 Å². The zero-order valence-corrected chi connectivity index (χ0v) is 13.6. The van der Waals surface area contributed by atoms with E-state index in [1.165, 1.54) is 6.08 Å². The Kier molecular flexibility index (Phi) is 5.22. The highest BCUT2D eigenvalue weighted by atomic mass is 16.5. The third-order valence-electron chi connectivity index (χ3n) is 3.58. The first kappa shape index (κ1) is 16.2. The largest absolute Gasteiger partial charge is 0.465 e. The maximum atomic E-state index is 11.9. The van der Waals surface area contributed by atoms with Gasteiger partial charge in [-0.15, -0.1) is 0 Å². The van der Waals surface area contributed by atoms with Crippen molar-refractivity contribution in [2.75, 3.05) is 31.2 Å². The Labute approximate surface area is 140 Å². The van der Waals surface area contributed by atoms with E-state index in [-0.39, 0.29) is 5.91 Å². The highest BCUT2D eigenvalue weighted by Crippen LogP contribution is 2.12. The van der Waals surface area contributed by atoms with Crippen LogP contribution in [-0.4, -0.2) is 42.2 Å². The van der Waals surface area contributed by atoms with Crippen molar-refractivity contribution in [1.82, 2.24) is 15.3 Å². The molecule has 7 heteroatoms. The van der Waals surface area contributed by atoms with E-state index in [9.17, 15) is 4.79 Å². The molecule has 0 aliphatic carbocycles. The van der Waals surface area contributed by atoms with Crippen molar-refractivity contribution in [1.29, 1.82) is 0 Å². The third-order valence-corrected chi connectivity index (χ3v) is 3.58. The molecule has 1 fully saturated rings. The molecule has 2 aromatic heterocycles. The van der Waals surface area contributed by atoms with E-state index in [2.05, 4.69) is 20.2 Å². The number of ether oxygens (including phenoxy) is 1. The molecule has 7 nitrogen and oxygen atoms in total. The summed E-state index contributed by atoms with van der Waals surface area (Å²) in [4.78, 5) is 23.0. The Morgan fingerprint density at radius 2 is 2.21 bits per heavy atom. The fraction of sp³-hybridized carbons (Fsp3) is 0.353. The normalized spacial score (nSPS) is 15.0. The quantitative estimate of drug-likeness (QED) is 0.839. The Bertz CT molecular complexity index is 707. The average molecular weight is 328 g/mol. The summed E-state index contributed by atoms with van der Waals surface area (Å²) in [5.74, 6) is 1.13. The number of morpholine rings is 1. The van der Waals surface area contributed by atoms with Crippen LogP contribution in [0, 0.1) is 6.92 Å². The summed E-state index contributed by atoms with van der Waals surface area (Å²) in [5, 5.41) is 2.82. The number of carbonyl (C=O) groups excluding carboxylic acids is 1. The minimum Gasteiger partial charge on any atom is -0.465 e. The second-order valence-electron chi connectivity index (χ2n) is 5.47. The lowest BCUT2D eigenvalue weighted by Gasteiger charge is -2.27. The van der Waals surface area contributed by atoms with Crippen molar-refractivity contribution in [3.05, 3.63) is 47.7 Å². The lowest BCUT2D eigenvalue weighted by atomic mass is 10.3. The fourth-order valence-corrected chi connectivity index (χ4v) is 2.39. The molecule has 3 heterocycles. The summed E-state index contributed by atoms with van der Waals surface area (Å²) in [7, 11) is 0. The molecule has 1 saturated heterocycles. The first-order valence-corrected chi connectivity index (χ1v) is 7.87. The maximum absolute atomic E-state index is 11.9. The average Bonchev–Trinajstić information content (AvgIpc) is 3.12. The maximum Gasteiger partial charge on any atom is 0.244 e. The smallest absolute Gasteiger partial charge is 0.244 e. The van der Waals surface area contributed by atoms with E-state index in [0.29, 0.717) is 31.5 Å². The van der Waals surface area contributed by atoms with Crippen LogP contribution in [0.25, 0.3) is 6.08 Å². The van der Waals surface area contributed by atoms with Crippen molar-refractivity contribution in [2.45, 2.75) is 13.5 Å². The van der Waals surface area contributed by atoms with Gasteiger partial charge in [-0.3, -0.25) is 4.79 Å².